The van der Waals surface area contributed by atoms with Crippen molar-refractivity contribution >= 4 is 45.0 Å². The molecule has 0 amide bonds. The standard InChI is InChI=1S/C19H11Cl2NO/c20-14-7-8-15-18(11-14)22(23)17-9-6-13(10-16(17)19(15)21)12-4-2-1-3-5-12/h1-11H. The molecule has 0 aliphatic rings. The Morgan fingerprint density at radius 1 is 0.696 bits per heavy atom. The first kappa shape index (κ1) is 14.3. The van der Waals surface area contributed by atoms with Crippen LogP contribution >= 0.6 is 23.2 Å². The Morgan fingerprint density at radius 2 is 1.48 bits per heavy atom. The number of hydrogen-bond donors (Lipinski definition) is 0. The van der Waals surface area contributed by atoms with Gasteiger partial charge in [0.2, 0.25) is 11.0 Å². The van der Waals surface area contributed by atoms with Crippen LogP contribution in [-0.2, 0) is 0 Å². The van der Waals surface area contributed by atoms with Gasteiger partial charge in [-0.3, -0.25) is 0 Å². The summed E-state index contributed by atoms with van der Waals surface area (Å²) in [5.74, 6) is 0. The summed E-state index contributed by atoms with van der Waals surface area (Å²) in [6.45, 7) is 0. The van der Waals surface area contributed by atoms with Crippen molar-refractivity contribution in [2.45, 2.75) is 0 Å². The van der Waals surface area contributed by atoms with Gasteiger partial charge in [-0.2, -0.15) is 4.73 Å². The van der Waals surface area contributed by atoms with Gasteiger partial charge in [-0.1, -0.05) is 53.5 Å². The van der Waals surface area contributed by atoms with E-state index in [-0.39, 0.29) is 0 Å². The quantitative estimate of drug-likeness (QED) is 0.252. The predicted octanol–water partition coefficient (Wildman–Crippen LogP) is 5.60. The van der Waals surface area contributed by atoms with Crippen molar-refractivity contribution < 1.29 is 4.73 Å². The topological polar surface area (TPSA) is 26.9 Å². The van der Waals surface area contributed by atoms with Crippen LogP contribution in [0.15, 0.2) is 66.7 Å². The normalized spacial score (nSPS) is 11.2. The molecule has 112 valence electrons. The zero-order valence-corrected chi connectivity index (χ0v) is 13.5. The molecule has 0 bridgehead atoms. The van der Waals surface area contributed by atoms with Gasteiger partial charge in [-0.15, -0.1) is 0 Å². The van der Waals surface area contributed by atoms with Crippen molar-refractivity contribution in [1.29, 1.82) is 0 Å². The van der Waals surface area contributed by atoms with Crippen molar-refractivity contribution in [3.05, 3.63) is 82.0 Å². The maximum Gasteiger partial charge on any atom is 0.227 e. The molecule has 0 radical (unpaired) electrons. The lowest BCUT2D eigenvalue weighted by molar-refractivity contribution is -0.547. The minimum absolute atomic E-state index is 0.475. The van der Waals surface area contributed by atoms with Crippen molar-refractivity contribution in [2.24, 2.45) is 0 Å². The third kappa shape index (κ3) is 2.31. The summed E-state index contributed by atoms with van der Waals surface area (Å²) in [5, 5.41) is 15.2. The molecule has 4 rings (SSSR count). The van der Waals surface area contributed by atoms with E-state index in [0.29, 0.717) is 26.5 Å². The highest BCUT2D eigenvalue weighted by atomic mass is 35.5. The first-order valence-electron chi connectivity index (χ1n) is 7.14. The Morgan fingerprint density at radius 3 is 2.26 bits per heavy atom. The van der Waals surface area contributed by atoms with E-state index in [2.05, 4.69) is 0 Å². The summed E-state index contributed by atoms with van der Waals surface area (Å²) < 4.78 is 0.886. The van der Waals surface area contributed by atoms with Gasteiger partial charge in [0.1, 0.15) is 0 Å². The molecular weight excluding hydrogens is 329 g/mol. The molecule has 0 fully saturated rings. The average molecular weight is 340 g/mol. The van der Waals surface area contributed by atoms with Crippen LogP contribution < -0.4 is 4.73 Å². The molecule has 0 saturated carbocycles. The lowest BCUT2D eigenvalue weighted by Crippen LogP contribution is -2.28. The number of fused-ring (bicyclic) bond motifs is 2. The third-order valence-corrected chi connectivity index (χ3v) is 4.62. The highest BCUT2D eigenvalue weighted by molar-refractivity contribution is 6.40. The van der Waals surface area contributed by atoms with Gasteiger partial charge in [-0.05, 0) is 35.4 Å². The fraction of sp³-hybridized carbons (Fsp3) is 0. The molecule has 0 atom stereocenters. The SMILES string of the molecule is [O-][n+]1c2ccc(-c3ccccc3)cc2c(Cl)c2ccc(Cl)cc21. The lowest BCUT2D eigenvalue weighted by Gasteiger charge is -2.10. The molecule has 0 unspecified atom stereocenters. The highest BCUT2D eigenvalue weighted by Crippen LogP contribution is 2.33. The van der Waals surface area contributed by atoms with Crippen molar-refractivity contribution in [1.82, 2.24) is 0 Å². The van der Waals surface area contributed by atoms with E-state index in [9.17, 15) is 5.21 Å². The number of benzene rings is 3. The van der Waals surface area contributed by atoms with E-state index in [1.54, 1.807) is 24.3 Å². The molecule has 1 heterocycles. The Labute approximate surface area is 143 Å². The Balaban J connectivity index is 2.08. The summed E-state index contributed by atoms with van der Waals surface area (Å²) in [4.78, 5) is 0. The van der Waals surface area contributed by atoms with Crippen LogP contribution in [0.2, 0.25) is 10.0 Å². The molecule has 3 aromatic carbocycles. The maximum atomic E-state index is 12.6. The highest BCUT2D eigenvalue weighted by Gasteiger charge is 2.17. The van der Waals surface area contributed by atoms with Crippen molar-refractivity contribution in [2.75, 3.05) is 0 Å². The summed E-state index contributed by atoms with van der Waals surface area (Å²) >= 11 is 12.6. The fourth-order valence-electron chi connectivity index (χ4n) is 2.83. The third-order valence-electron chi connectivity index (χ3n) is 3.97. The largest absolute Gasteiger partial charge is 0.618 e. The van der Waals surface area contributed by atoms with Crippen LogP contribution in [-0.4, -0.2) is 0 Å². The molecule has 0 N–H and O–H groups in total. The lowest BCUT2D eigenvalue weighted by atomic mass is 10.0. The van der Waals surface area contributed by atoms with Gasteiger partial charge in [-0.25, -0.2) is 0 Å². The first-order chi connectivity index (χ1) is 11.1. The molecular formula is C19H11Cl2NO. The molecule has 23 heavy (non-hydrogen) atoms. The van der Waals surface area contributed by atoms with E-state index in [0.717, 1.165) is 21.2 Å². The van der Waals surface area contributed by atoms with Crippen LogP contribution in [0.5, 0.6) is 0 Å². The van der Waals surface area contributed by atoms with Gasteiger partial charge in [0.15, 0.2) is 0 Å². The van der Waals surface area contributed by atoms with Gasteiger partial charge in [0, 0.05) is 17.2 Å². The monoisotopic (exact) mass is 339 g/mol. The van der Waals surface area contributed by atoms with Crippen LogP contribution in [0, 0.1) is 5.21 Å². The van der Waals surface area contributed by atoms with E-state index >= 15 is 0 Å². The number of aromatic nitrogens is 1. The molecule has 0 aliphatic heterocycles. The van der Waals surface area contributed by atoms with Gasteiger partial charge in [0.25, 0.3) is 0 Å². The Hall–Kier alpha value is -2.29. The second-order valence-corrected chi connectivity index (χ2v) is 6.18. The van der Waals surface area contributed by atoms with Crippen LogP contribution in [0.1, 0.15) is 0 Å². The van der Waals surface area contributed by atoms with E-state index in [1.807, 2.05) is 42.5 Å². The second-order valence-electron chi connectivity index (χ2n) is 5.37. The van der Waals surface area contributed by atoms with Gasteiger partial charge >= 0.3 is 0 Å². The minimum atomic E-state index is 0.475. The first-order valence-corrected chi connectivity index (χ1v) is 7.90. The summed E-state index contributed by atoms with van der Waals surface area (Å²) in [6.07, 6.45) is 0. The fourth-order valence-corrected chi connectivity index (χ4v) is 3.31. The second kappa shape index (κ2) is 5.41. The van der Waals surface area contributed by atoms with Crippen molar-refractivity contribution in [3.8, 4) is 11.1 Å². The summed E-state index contributed by atoms with van der Waals surface area (Å²) in [6, 6.07) is 20.8. The minimum Gasteiger partial charge on any atom is -0.618 e. The van der Waals surface area contributed by atoms with E-state index in [1.165, 1.54) is 0 Å². The zero-order valence-electron chi connectivity index (χ0n) is 12.0. The number of halogens is 2. The molecule has 2 nitrogen and oxygen atoms in total. The number of pyridine rings is 1. The molecule has 0 spiro atoms. The van der Waals surface area contributed by atoms with E-state index < -0.39 is 0 Å². The van der Waals surface area contributed by atoms with Gasteiger partial charge in [0.05, 0.1) is 15.8 Å². The predicted molar refractivity (Wildman–Crippen MR) is 95.9 cm³/mol. The van der Waals surface area contributed by atoms with Gasteiger partial charge < -0.3 is 5.21 Å². The summed E-state index contributed by atoms with van der Waals surface area (Å²) in [7, 11) is 0. The van der Waals surface area contributed by atoms with Crippen LogP contribution in [0.3, 0.4) is 0 Å². The maximum absolute atomic E-state index is 12.6. The molecule has 1 aromatic heterocycles. The number of rotatable bonds is 1. The van der Waals surface area contributed by atoms with E-state index in [4.69, 9.17) is 23.2 Å². The Bertz CT molecular complexity index is 1050. The number of hydrogen-bond acceptors (Lipinski definition) is 1. The molecule has 4 heteroatoms. The molecule has 0 aliphatic carbocycles. The van der Waals surface area contributed by atoms with Crippen molar-refractivity contribution in [3.63, 3.8) is 0 Å². The average Bonchev–Trinajstić information content (AvgIpc) is 2.60. The van der Waals surface area contributed by atoms with Crippen LogP contribution in [0.4, 0.5) is 0 Å². The van der Waals surface area contributed by atoms with Crippen LogP contribution in [0.25, 0.3) is 32.9 Å². The summed E-state index contributed by atoms with van der Waals surface area (Å²) in [5.41, 5.74) is 3.11. The zero-order chi connectivity index (χ0) is 16.0. The Kier molecular flexibility index (Phi) is 3.37. The molecule has 0 saturated heterocycles. The number of nitrogens with zero attached hydrogens (tertiary/aromatic N) is 1. The smallest absolute Gasteiger partial charge is 0.227 e. The molecule has 4 aromatic rings.